The Balaban J connectivity index is 2.30. The van der Waals surface area contributed by atoms with Gasteiger partial charge in [0.1, 0.15) is 0 Å². The monoisotopic (exact) mass is 291 g/mol. The maximum atomic E-state index is 11.2. The molecule has 5 nitrogen and oxygen atoms in total. The number of hydrogen-bond donors (Lipinski definition) is 1. The van der Waals surface area contributed by atoms with Gasteiger partial charge in [-0.3, -0.25) is 0 Å². The van der Waals surface area contributed by atoms with Crippen LogP contribution in [0.3, 0.4) is 0 Å². The molecule has 0 aliphatic heterocycles. The van der Waals surface area contributed by atoms with Gasteiger partial charge in [0.15, 0.2) is 5.69 Å². The number of nitrogens with zero attached hydrogens (tertiary/aromatic N) is 3. The lowest BCUT2D eigenvalue weighted by Gasteiger charge is -2.10. The summed E-state index contributed by atoms with van der Waals surface area (Å²) in [4.78, 5) is 12.4. The van der Waals surface area contributed by atoms with Crippen molar-refractivity contribution in [1.29, 1.82) is 0 Å². The summed E-state index contributed by atoms with van der Waals surface area (Å²) < 4.78 is 1.67. The second kappa shape index (κ2) is 6.09. The number of carboxylic acid groups (broad SMARTS) is 1. The Morgan fingerprint density at radius 2 is 2.00 bits per heavy atom. The van der Waals surface area contributed by atoms with E-state index < -0.39 is 5.97 Å². The molecule has 2 aromatic rings. The molecule has 0 spiro atoms. The number of thioether (sulfide) groups is 1. The molecule has 0 fully saturated rings. The van der Waals surface area contributed by atoms with Crippen LogP contribution in [0.4, 0.5) is 0 Å². The second-order valence-corrected chi connectivity index (χ2v) is 5.67. The standard InChI is InChI=1S/C14H17N3O2S/c1-9(2)13-12(14(18)19)15-16-17(13)8-10-4-6-11(20-3)7-5-10/h4-7,9H,8H2,1-3H3,(H,18,19). The molecular weight excluding hydrogens is 274 g/mol. The summed E-state index contributed by atoms with van der Waals surface area (Å²) in [6, 6.07) is 8.14. The Hall–Kier alpha value is -1.82. The molecule has 0 bridgehead atoms. The third-order valence-electron chi connectivity index (χ3n) is 3.01. The van der Waals surface area contributed by atoms with Crippen LogP contribution in [0.5, 0.6) is 0 Å². The minimum Gasteiger partial charge on any atom is -0.476 e. The molecule has 0 unspecified atom stereocenters. The summed E-state index contributed by atoms with van der Waals surface area (Å²) >= 11 is 1.69. The van der Waals surface area contributed by atoms with Crippen LogP contribution in [0.1, 0.15) is 41.5 Å². The summed E-state index contributed by atoms with van der Waals surface area (Å²) in [5, 5.41) is 16.9. The average Bonchev–Trinajstić information content (AvgIpc) is 2.83. The van der Waals surface area contributed by atoms with Gasteiger partial charge in [-0.25, -0.2) is 9.48 Å². The Labute approximate surface area is 122 Å². The fourth-order valence-electron chi connectivity index (χ4n) is 2.06. The number of benzene rings is 1. The van der Waals surface area contributed by atoms with Crippen molar-refractivity contribution in [3.05, 3.63) is 41.2 Å². The van der Waals surface area contributed by atoms with Crippen LogP contribution in [0, 0.1) is 0 Å². The molecule has 1 aromatic heterocycles. The molecule has 0 radical (unpaired) electrons. The van der Waals surface area contributed by atoms with Gasteiger partial charge in [-0.1, -0.05) is 31.2 Å². The smallest absolute Gasteiger partial charge is 0.358 e. The van der Waals surface area contributed by atoms with E-state index in [1.54, 1.807) is 16.4 Å². The molecule has 0 atom stereocenters. The lowest BCUT2D eigenvalue weighted by Crippen LogP contribution is -2.10. The SMILES string of the molecule is CSc1ccc(Cn2nnc(C(=O)O)c2C(C)C)cc1. The topological polar surface area (TPSA) is 68.0 Å². The predicted octanol–water partition coefficient (Wildman–Crippen LogP) is 2.87. The van der Waals surface area contributed by atoms with Crippen molar-refractivity contribution in [2.45, 2.75) is 31.2 Å². The van der Waals surface area contributed by atoms with Crippen LogP contribution < -0.4 is 0 Å². The van der Waals surface area contributed by atoms with Gasteiger partial charge < -0.3 is 5.11 Å². The first-order valence-corrected chi connectivity index (χ1v) is 7.55. The molecule has 6 heteroatoms. The first-order valence-electron chi connectivity index (χ1n) is 6.32. The van der Waals surface area contributed by atoms with E-state index in [0.717, 1.165) is 5.56 Å². The van der Waals surface area contributed by atoms with E-state index in [1.165, 1.54) is 4.90 Å². The van der Waals surface area contributed by atoms with Crippen molar-refractivity contribution >= 4 is 17.7 Å². The third-order valence-corrected chi connectivity index (χ3v) is 3.76. The Morgan fingerprint density at radius 1 is 1.35 bits per heavy atom. The summed E-state index contributed by atoms with van der Waals surface area (Å²) in [6.45, 7) is 4.42. The predicted molar refractivity (Wildman–Crippen MR) is 78.4 cm³/mol. The van der Waals surface area contributed by atoms with Crippen LogP contribution >= 0.6 is 11.8 Å². The fourth-order valence-corrected chi connectivity index (χ4v) is 2.47. The summed E-state index contributed by atoms with van der Waals surface area (Å²) in [6.07, 6.45) is 2.03. The Kier molecular flexibility index (Phi) is 4.44. The highest BCUT2D eigenvalue weighted by Gasteiger charge is 2.21. The van der Waals surface area contributed by atoms with Gasteiger partial charge in [-0.15, -0.1) is 16.9 Å². The van der Waals surface area contributed by atoms with Gasteiger partial charge in [0.25, 0.3) is 0 Å². The highest BCUT2D eigenvalue weighted by molar-refractivity contribution is 7.98. The van der Waals surface area contributed by atoms with E-state index >= 15 is 0 Å². The highest BCUT2D eigenvalue weighted by atomic mass is 32.2. The summed E-state index contributed by atoms with van der Waals surface area (Å²) in [5.41, 5.74) is 1.78. The maximum Gasteiger partial charge on any atom is 0.358 e. The molecule has 0 aliphatic carbocycles. The molecule has 0 amide bonds. The molecule has 1 aromatic carbocycles. The van der Waals surface area contributed by atoms with E-state index in [-0.39, 0.29) is 11.6 Å². The van der Waals surface area contributed by atoms with Crippen molar-refractivity contribution in [2.75, 3.05) is 6.26 Å². The number of rotatable bonds is 5. The van der Waals surface area contributed by atoms with Crippen molar-refractivity contribution in [3.63, 3.8) is 0 Å². The van der Waals surface area contributed by atoms with E-state index in [2.05, 4.69) is 10.3 Å². The van der Waals surface area contributed by atoms with Gasteiger partial charge in [-0.2, -0.15) is 0 Å². The van der Waals surface area contributed by atoms with E-state index in [9.17, 15) is 4.79 Å². The lowest BCUT2D eigenvalue weighted by atomic mass is 10.1. The number of aromatic nitrogens is 3. The number of carbonyl (C=O) groups is 1. The summed E-state index contributed by atoms with van der Waals surface area (Å²) in [5.74, 6) is -0.973. The normalized spacial score (nSPS) is 11.0. The minimum atomic E-state index is -1.03. The average molecular weight is 291 g/mol. The van der Waals surface area contributed by atoms with Gasteiger partial charge in [0.05, 0.1) is 12.2 Å². The first-order chi connectivity index (χ1) is 9.52. The van der Waals surface area contributed by atoms with E-state index in [0.29, 0.717) is 12.2 Å². The van der Waals surface area contributed by atoms with Gasteiger partial charge in [0, 0.05) is 4.90 Å². The van der Waals surface area contributed by atoms with Crippen LogP contribution in [0.2, 0.25) is 0 Å². The molecule has 20 heavy (non-hydrogen) atoms. The molecule has 1 heterocycles. The van der Waals surface area contributed by atoms with Gasteiger partial charge in [0.2, 0.25) is 0 Å². The lowest BCUT2D eigenvalue weighted by molar-refractivity contribution is 0.0688. The Morgan fingerprint density at radius 3 is 2.50 bits per heavy atom. The zero-order chi connectivity index (χ0) is 14.7. The first kappa shape index (κ1) is 14.6. The van der Waals surface area contributed by atoms with Crippen molar-refractivity contribution < 1.29 is 9.90 Å². The van der Waals surface area contributed by atoms with E-state index in [1.807, 2.05) is 44.4 Å². The highest BCUT2D eigenvalue weighted by Crippen LogP contribution is 2.20. The molecule has 0 saturated heterocycles. The Bertz CT molecular complexity index is 605. The third kappa shape index (κ3) is 3.01. The second-order valence-electron chi connectivity index (χ2n) is 4.79. The minimum absolute atomic E-state index is 0.0423. The zero-order valence-corrected chi connectivity index (χ0v) is 12.5. The van der Waals surface area contributed by atoms with Crippen LogP contribution in [-0.4, -0.2) is 32.3 Å². The molecule has 2 rings (SSSR count). The molecular formula is C14H17N3O2S. The van der Waals surface area contributed by atoms with Gasteiger partial charge in [-0.05, 0) is 29.9 Å². The quantitative estimate of drug-likeness (QED) is 0.858. The van der Waals surface area contributed by atoms with Crippen LogP contribution in [-0.2, 0) is 6.54 Å². The van der Waals surface area contributed by atoms with E-state index in [4.69, 9.17) is 5.11 Å². The maximum absolute atomic E-state index is 11.2. The molecule has 0 aliphatic rings. The molecule has 1 N–H and O–H groups in total. The number of aromatic carboxylic acids is 1. The molecule has 106 valence electrons. The zero-order valence-electron chi connectivity index (χ0n) is 11.7. The van der Waals surface area contributed by atoms with Crippen molar-refractivity contribution in [2.24, 2.45) is 0 Å². The summed E-state index contributed by atoms with van der Waals surface area (Å²) in [7, 11) is 0. The van der Waals surface area contributed by atoms with Crippen molar-refractivity contribution in [1.82, 2.24) is 15.0 Å². The number of hydrogen-bond acceptors (Lipinski definition) is 4. The van der Waals surface area contributed by atoms with Gasteiger partial charge >= 0.3 is 5.97 Å². The number of carboxylic acids is 1. The fraction of sp³-hybridized carbons (Fsp3) is 0.357. The van der Waals surface area contributed by atoms with Crippen LogP contribution in [0.25, 0.3) is 0 Å². The van der Waals surface area contributed by atoms with Crippen molar-refractivity contribution in [3.8, 4) is 0 Å². The van der Waals surface area contributed by atoms with Crippen LogP contribution in [0.15, 0.2) is 29.2 Å². The molecule has 0 saturated carbocycles. The largest absolute Gasteiger partial charge is 0.476 e.